The number of ether oxygens (including phenoxy) is 1. The van der Waals surface area contributed by atoms with Gasteiger partial charge in [-0.1, -0.05) is 0 Å². The number of nitrogens with zero attached hydrogens (tertiary/aromatic N) is 1. The van der Waals surface area contributed by atoms with Gasteiger partial charge in [0.15, 0.2) is 5.76 Å². The van der Waals surface area contributed by atoms with E-state index in [0.717, 1.165) is 0 Å². The monoisotopic (exact) mass is 374 g/mol. The predicted molar refractivity (Wildman–Crippen MR) is 86.7 cm³/mol. The van der Waals surface area contributed by atoms with Gasteiger partial charge < -0.3 is 35.6 Å². The van der Waals surface area contributed by atoms with E-state index in [-0.39, 0.29) is 36.4 Å². The second-order valence-electron chi connectivity index (χ2n) is 5.87. The summed E-state index contributed by atoms with van der Waals surface area (Å²) in [6, 6.07) is -1.28. The zero-order valence-corrected chi connectivity index (χ0v) is 14.1. The number of allylic oxidation sites excluding steroid dienone is 1. The van der Waals surface area contributed by atoms with E-state index >= 15 is 0 Å². The van der Waals surface area contributed by atoms with E-state index in [4.69, 9.17) is 14.9 Å². The topological polar surface area (TPSA) is 186 Å². The Balaban J connectivity index is 3.21. The normalized spacial score (nSPS) is 22.8. The number of aliphatic hydroxyl groups excluding tert-OH is 1. The van der Waals surface area contributed by atoms with E-state index < -0.39 is 49.1 Å². The fourth-order valence-electron chi connectivity index (χ4n) is 2.53. The van der Waals surface area contributed by atoms with Crippen LogP contribution in [0.3, 0.4) is 0 Å². The second-order valence-corrected chi connectivity index (χ2v) is 5.87. The van der Waals surface area contributed by atoms with Gasteiger partial charge >= 0.3 is 17.9 Å². The number of carbonyl (C=O) groups is 3. The summed E-state index contributed by atoms with van der Waals surface area (Å²) in [5.74, 6) is -3.63. The average Bonchev–Trinajstić information content (AvgIpc) is 2.56. The van der Waals surface area contributed by atoms with Crippen molar-refractivity contribution < 1.29 is 44.7 Å². The molecule has 26 heavy (non-hydrogen) atoms. The van der Waals surface area contributed by atoms with Gasteiger partial charge in [-0.3, -0.25) is 14.6 Å². The number of hydrogen-bond donors (Lipinski definition) is 6. The Morgan fingerprint density at radius 2 is 1.88 bits per heavy atom. The molecule has 146 valence electrons. The van der Waals surface area contributed by atoms with Crippen molar-refractivity contribution in [3.05, 3.63) is 11.5 Å². The quantitative estimate of drug-likeness (QED) is 0.271. The van der Waals surface area contributed by atoms with Crippen molar-refractivity contribution in [2.75, 3.05) is 20.3 Å². The summed E-state index contributed by atoms with van der Waals surface area (Å²) >= 11 is 0. The summed E-state index contributed by atoms with van der Waals surface area (Å²) < 4.78 is 5.18. The first-order chi connectivity index (χ1) is 12.1. The van der Waals surface area contributed by atoms with Crippen LogP contribution in [0.4, 0.5) is 0 Å². The van der Waals surface area contributed by atoms with Gasteiger partial charge in [0.1, 0.15) is 12.6 Å². The zero-order valence-electron chi connectivity index (χ0n) is 14.1. The lowest BCUT2D eigenvalue weighted by atomic mass is 9.85. The van der Waals surface area contributed by atoms with Gasteiger partial charge in [0.2, 0.25) is 0 Å². The zero-order chi connectivity index (χ0) is 19.9. The number of aliphatic hydroxyl groups is 2. The highest BCUT2D eigenvalue weighted by molar-refractivity contribution is 6.01. The van der Waals surface area contributed by atoms with Crippen molar-refractivity contribution >= 4 is 23.6 Å². The molecule has 0 aromatic carbocycles. The highest BCUT2D eigenvalue weighted by Crippen LogP contribution is 2.31. The van der Waals surface area contributed by atoms with Gasteiger partial charge in [0.05, 0.1) is 30.7 Å². The molecule has 1 rings (SSSR count). The molecule has 0 saturated heterocycles. The molecule has 0 aromatic heterocycles. The third-order valence-electron chi connectivity index (χ3n) is 3.74. The van der Waals surface area contributed by atoms with E-state index in [1.54, 1.807) is 0 Å². The minimum absolute atomic E-state index is 0.0579. The van der Waals surface area contributed by atoms with Crippen LogP contribution in [0, 0.1) is 0 Å². The third kappa shape index (κ3) is 6.01. The van der Waals surface area contributed by atoms with E-state index in [2.05, 4.69) is 10.3 Å². The Morgan fingerprint density at radius 3 is 2.35 bits per heavy atom. The standard InChI is InChI=1S/C15H22N2O9/c1-26-13-9(16-6-12(21)22)4-15(25,7-18)5-10(13)17-8(14(23)24)2-3-11(19)20/h8,17-18,25H,2-7H2,1H3,(H,19,20)(H,21,22)(H,23,24)/t8-,15?/m0/s1. The Labute approximate surface area is 148 Å². The van der Waals surface area contributed by atoms with Crippen LogP contribution in [0.2, 0.25) is 0 Å². The summed E-state index contributed by atoms with van der Waals surface area (Å²) in [6.07, 6.45) is -1.01. The van der Waals surface area contributed by atoms with Crippen molar-refractivity contribution in [3.8, 4) is 0 Å². The Hall–Kier alpha value is -2.66. The first-order valence-corrected chi connectivity index (χ1v) is 7.69. The van der Waals surface area contributed by atoms with Crippen LogP contribution in [0.15, 0.2) is 16.4 Å². The fourth-order valence-corrected chi connectivity index (χ4v) is 2.53. The number of nitrogens with one attached hydrogen (secondary N) is 1. The van der Waals surface area contributed by atoms with Crippen molar-refractivity contribution in [1.29, 1.82) is 0 Å². The lowest BCUT2D eigenvalue weighted by molar-refractivity contribution is -0.141. The van der Waals surface area contributed by atoms with Gasteiger partial charge in [-0.05, 0) is 6.42 Å². The summed E-state index contributed by atoms with van der Waals surface area (Å²) in [5, 5.41) is 49.2. The van der Waals surface area contributed by atoms with E-state index in [1.165, 1.54) is 7.11 Å². The number of aliphatic imine (C=N–C) groups is 1. The lowest BCUT2D eigenvalue weighted by Gasteiger charge is -2.35. The van der Waals surface area contributed by atoms with Crippen LogP contribution in [0.1, 0.15) is 25.7 Å². The molecule has 1 unspecified atom stereocenters. The highest BCUT2D eigenvalue weighted by atomic mass is 16.5. The first-order valence-electron chi connectivity index (χ1n) is 7.69. The maximum absolute atomic E-state index is 11.4. The smallest absolute Gasteiger partial charge is 0.326 e. The van der Waals surface area contributed by atoms with Crippen LogP contribution in [-0.2, 0) is 19.1 Å². The number of hydrogen-bond acceptors (Lipinski definition) is 8. The summed E-state index contributed by atoms with van der Waals surface area (Å²) in [5.41, 5.74) is -1.53. The minimum Gasteiger partial charge on any atom is -0.493 e. The molecule has 0 aromatic rings. The molecule has 11 nitrogen and oxygen atoms in total. The van der Waals surface area contributed by atoms with E-state index in [9.17, 15) is 29.7 Å². The first kappa shape index (κ1) is 21.4. The van der Waals surface area contributed by atoms with Crippen molar-refractivity contribution in [1.82, 2.24) is 5.32 Å². The summed E-state index contributed by atoms with van der Waals surface area (Å²) in [4.78, 5) is 36.6. The van der Waals surface area contributed by atoms with Crippen LogP contribution < -0.4 is 5.32 Å². The predicted octanol–water partition coefficient (Wildman–Crippen LogP) is -1.21. The van der Waals surface area contributed by atoms with Crippen LogP contribution in [0.25, 0.3) is 0 Å². The highest BCUT2D eigenvalue weighted by Gasteiger charge is 2.39. The molecule has 1 aliphatic carbocycles. The Morgan fingerprint density at radius 1 is 1.23 bits per heavy atom. The minimum atomic E-state index is -1.68. The second kappa shape index (κ2) is 9.15. The molecule has 2 atom stereocenters. The number of aliphatic carboxylic acids is 3. The third-order valence-corrected chi connectivity index (χ3v) is 3.74. The molecular weight excluding hydrogens is 352 g/mol. The van der Waals surface area contributed by atoms with Gasteiger partial charge in [-0.25, -0.2) is 4.79 Å². The molecule has 0 amide bonds. The molecule has 1 aliphatic rings. The molecule has 0 spiro atoms. The average molecular weight is 374 g/mol. The number of methoxy groups -OCH3 is 1. The molecule has 11 heteroatoms. The van der Waals surface area contributed by atoms with Gasteiger partial charge in [-0.2, -0.15) is 0 Å². The maximum Gasteiger partial charge on any atom is 0.326 e. The molecule has 0 aliphatic heterocycles. The number of rotatable bonds is 10. The van der Waals surface area contributed by atoms with Gasteiger partial charge in [-0.15, -0.1) is 0 Å². The largest absolute Gasteiger partial charge is 0.493 e. The Bertz CT molecular complexity index is 629. The summed E-state index contributed by atoms with van der Waals surface area (Å²) in [7, 11) is 1.27. The van der Waals surface area contributed by atoms with Gasteiger partial charge in [0.25, 0.3) is 0 Å². The molecule has 0 radical (unpaired) electrons. The van der Waals surface area contributed by atoms with E-state index in [0.29, 0.717) is 0 Å². The van der Waals surface area contributed by atoms with Gasteiger partial charge in [0, 0.05) is 19.3 Å². The summed E-state index contributed by atoms with van der Waals surface area (Å²) in [6.45, 7) is -1.27. The SMILES string of the molecule is COC1=C(N[C@@H](CCC(=O)O)C(=O)O)CC(O)(CO)CC1=NCC(=O)O. The van der Waals surface area contributed by atoms with Crippen LogP contribution in [0.5, 0.6) is 0 Å². The van der Waals surface area contributed by atoms with E-state index in [1.807, 2.05) is 0 Å². The molecule has 0 bridgehead atoms. The molecule has 6 N–H and O–H groups in total. The molecule has 0 heterocycles. The Kier molecular flexibility index (Phi) is 7.53. The number of carboxylic acid groups (broad SMARTS) is 3. The van der Waals surface area contributed by atoms with Crippen molar-refractivity contribution in [3.63, 3.8) is 0 Å². The van der Waals surface area contributed by atoms with Crippen LogP contribution in [-0.4, -0.2) is 81.1 Å². The maximum atomic E-state index is 11.4. The number of carboxylic acids is 3. The lowest BCUT2D eigenvalue weighted by Crippen LogP contribution is -2.46. The molecule has 0 fully saturated rings. The fraction of sp³-hybridized carbons (Fsp3) is 0.600. The van der Waals surface area contributed by atoms with Crippen molar-refractivity contribution in [2.45, 2.75) is 37.3 Å². The molecular formula is C15H22N2O9. The molecule has 0 saturated carbocycles. The van der Waals surface area contributed by atoms with Crippen LogP contribution >= 0.6 is 0 Å². The van der Waals surface area contributed by atoms with Crippen molar-refractivity contribution in [2.24, 2.45) is 4.99 Å².